The van der Waals surface area contributed by atoms with E-state index in [-0.39, 0.29) is 0 Å². The van der Waals surface area contributed by atoms with Gasteiger partial charge in [-0.2, -0.15) is 0 Å². The second-order valence-corrected chi connectivity index (χ2v) is 10.3. The van der Waals surface area contributed by atoms with Crippen LogP contribution in [0, 0.1) is 6.92 Å². The van der Waals surface area contributed by atoms with E-state index in [9.17, 15) is 0 Å². The molecule has 0 saturated carbocycles. The third-order valence-corrected chi connectivity index (χ3v) is 8.06. The number of aromatic nitrogens is 2. The van der Waals surface area contributed by atoms with Crippen LogP contribution in [0.5, 0.6) is 0 Å². The summed E-state index contributed by atoms with van der Waals surface area (Å²) in [5, 5.41) is 5.15. The minimum Gasteiger partial charge on any atom is -0.309 e. The molecule has 0 radical (unpaired) electrons. The van der Waals surface area contributed by atoms with Crippen LogP contribution in [0.3, 0.4) is 0 Å². The van der Waals surface area contributed by atoms with Crippen molar-refractivity contribution in [3.8, 4) is 22.5 Å². The minimum absolute atomic E-state index is 1.18. The van der Waals surface area contributed by atoms with Crippen molar-refractivity contribution < 1.29 is 0 Å². The summed E-state index contributed by atoms with van der Waals surface area (Å²) in [5.41, 5.74) is 11.1. The standard InChI is InChI=1S/C37H26N2/c1-25-24-28(39-36-16-8-4-12-32(36)33-13-5-9-17-37(33)39)22-23-29(25)26-18-20-27(21-19-26)38-34-14-6-2-10-30(34)31-11-3-7-15-35(31)38/h2-24H,1H3. The Morgan fingerprint density at radius 1 is 0.385 bits per heavy atom. The molecule has 0 aliphatic heterocycles. The average molecular weight is 499 g/mol. The predicted octanol–water partition coefficient (Wildman–Crippen LogP) is 9.86. The number of rotatable bonds is 3. The highest BCUT2D eigenvalue weighted by molar-refractivity contribution is 6.10. The Morgan fingerprint density at radius 2 is 0.769 bits per heavy atom. The van der Waals surface area contributed by atoms with Gasteiger partial charge in [0.1, 0.15) is 0 Å². The molecule has 2 aromatic heterocycles. The molecule has 2 nitrogen and oxygen atoms in total. The van der Waals surface area contributed by atoms with Crippen LogP contribution < -0.4 is 0 Å². The number of benzene rings is 6. The van der Waals surface area contributed by atoms with Crippen LogP contribution >= 0.6 is 0 Å². The van der Waals surface area contributed by atoms with Crippen LogP contribution in [-0.2, 0) is 0 Å². The molecule has 39 heavy (non-hydrogen) atoms. The van der Waals surface area contributed by atoms with Crippen molar-refractivity contribution >= 4 is 43.6 Å². The zero-order chi connectivity index (χ0) is 25.9. The number of aryl methyl sites for hydroxylation is 1. The molecule has 184 valence electrons. The van der Waals surface area contributed by atoms with E-state index < -0.39 is 0 Å². The fraction of sp³-hybridized carbons (Fsp3) is 0.0270. The van der Waals surface area contributed by atoms with Crippen LogP contribution in [0.1, 0.15) is 5.56 Å². The van der Waals surface area contributed by atoms with Gasteiger partial charge in [-0.05, 0) is 72.1 Å². The van der Waals surface area contributed by atoms with Crippen LogP contribution in [0.25, 0.3) is 66.1 Å². The molecular weight excluding hydrogens is 472 g/mol. The van der Waals surface area contributed by atoms with Gasteiger partial charge in [0, 0.05) is 32.9 Å². The monoisotopic (exact) mass is 498 g/mol. The van der Waals surface area contributed by atoms with Crippen molar-refractivity contribution in [2.45, 2.75) is 6.92 Å². The third-order valence-electron chi connectivity index (χ3n) is 8.06. The lowest BCUT2D eigenvalue weighted by Gasteiger charge is -2.13. The SMILES string of the molecule is Cc1cc(-n2c3ccccc3c3ccccc32)ccc1-c1ccc(-n2c3ccccc3c3ccccc32)cc1. The molecule has 8 rings (SSSR count). The zero-order valence-electron chi connectivity index (χ0n) is 21.7. The fourth-order valence-electron chi connectivity index (χ4n) is 6.30. The highest BCUT2D eigenvalue weighted by Gasteiger charge is 2.14. The molecule has 0 aliphatic carbocycles. The van der Waals surface area contributed by atoms with Gasteiger partial charge >= 0.3 is 0 Å². The van der Waals surface area contributed by atoms with Gasteiger partial charge in [-0.3, -0.25) is 0 Å². The summed E-state index contributed by atoms with van der Waals surface area (Å²) < 4.78 is 4.75. The molecule has 2 heteroatoms. The molecule has 8 aromatic rings. The highest BCUT2D eigenvalue weighted by Crippen LogP contribution is 2.35. The predicted molar refractivity (Wildman–Crippen MR) is 165 cm³/mol. The van der Waals surface area contributed by atoms with Crippen molar-refractivity contribution in [1.82, 2.24) is 9.13 Å². The molecule has 0 saturated heterocycles. The van der Waals surface area contributed by atoms with E-state index in [1.54, 1.807) is 0 Å². The van der Waals surface area contributed by atoms with E-state index in [0.717, 1.165) is 0 Å². The lowest BCUT2D eigenvalue weighted by molar-refractivity contribution is 1.17. The smallest absolute Gasteiger partial charge is 0.0541 e. The van der Waals surface area contributed by atoms with Crippen molar-refractivity contribution in [1.29, 1.82) is 0 Å². The van der Waals surface area contributed by atoms with Gasteiger partial charge in [-0.25, -0.2) is 0 Å². The van der Waals surface area contributed by atoms with Gasteiger partial charge in [0.05, 0.1) is 22.1 Å². The van der Waals surface area contributed by atoms with E-state index in [4.69, 9.17) is 0 Å². The topological polar surface area (TPSA) is 9.86 Å². The highest BCUT2D eigenvalue weighted by atomic mass is 15.0. The Labute approximate surface area is 227 Å². The molecule has 0 spiro atoms. The lowest BCUT2D eigenvalue weighted by atomic mass is 9.99. The first-order valence-electron chi connectivity index (χ1n) is 13.5. The fourth-order valence-corrected chi connectivity index (χ4v) is 6.30. The molecule has 0 aliphatic rings. The Hall–Kier alpha value is -5.08. The number of para-hydroxylation sites is 4. The quantitative estimate of drug-likeness (QED) is 0.229. The summed E-state index contributed by atoms with van der Waals surface area (Å²) in [5.74, 6) is 0. The van der Waals surface area contributed by atoms with E-state index in [1.807, 2.05) is 0 Å². The van der Waals surface area contributed by atoms with Gasteiger partial charge in [-0.15, -0.1) is 0 Å². The number of hydrogen-bond acceptors (Lipinski definition) is 0. The maximum Gasteiger partial charge on any atom is 0.0541 e. The van der Waals surface area contributed by atoms with E-state index >= 15 is 0 Å². The second kappa shape index (κ2) is 8.47. The molecule has 6 aromatic carbocycles. The summed E-state index contributed by atoms with van der Waals surface area (Å²) in [6, 6.07) is 50.5. The van der Waals surface area contributed by atoms with Crippen LogP contribution in [0.2, 0.25) is 0 Å². The largest absolute Gasteiger partial charge is 0.309 e. The summed E-state index contributed by atoms with van der Waals surface area (Å²) in [6.07, 6.45) is 0. The van der Waals surface area contributed by atoms with Gasteiger partial charge in [0.25, 0.3) is 0 Å². The molecule has 0 unspecified atom stereocenters. The Morgan fingerprint density at radius 3 is 1.21 bits per heavy atom. The Bertz CT molecular complexity index is 2070. The maximum absolute atomic E-state index is 2.38. The lowest BCUT2D eigenvalue weighted by Crippen LogP contribution is -1.96. The summed E-state index contributed by atoms with van der Waals surface area (Å²) in [7, 11) is 0. The van der Waals surface area contributed by atoms with Gasteiger partial charge in [0.2, 0.25) is 0 Å². The normalized spacial score (nSPS) is 11.7. The van der Waals surface area contributed by atoms with E-state index in [1.165, 1.54) is 71.7 Å². The first kappa shape index (κ1) is 22.0. The van der Waals surface area contributed by atoms with E-state index in [0.29, 0.717) is 0 Å². The van der Waals surface area contributed by atoms with Crippen LogP contribution in [0.4, 0.5) is 0 Å². The second-order valence-electron chi connectivity index (χ2n) is 10.3. The average Bonchev–Trinajstić information content (AvgIpc) is 3.51. The number of nitrogens with zero attached hydrogens (tertiary/aromatic N) is 2. The van der Waals surface area contributed by atoms with Crippen molar-refractivity contribution in [2.24, 2.45) is 0 Å². The molecule has 0 amide bonds. The zero-order valence-corrected chi connectivity index (χ0v) is 21.7. The van der Waals surface area contributed by atoms with E-state index in [2.05, 4.69) is 156 Å². The Kier molecular flexibility index (Phi) is 4.77. The molecular formula is C37H26N2. The van der Waals surface area contributed by atoms with Crippen molar-refractivity contribution in [2.75, 3.05) is 0 Å². The van der Waals surface area contributed by atoms with Crippen molar-refractivity contribution in [3.63, 3.8) is 0 Å². The van der Waals surface area contributed by atoms with Gasteiger partial charge in [-0.1, -0.05) is 91.0 Å². The van der Waals surface area contributed by atoms with Crippen LogP contribution in [0.15, 0.2) is 140 Å². The molecule has 0 fully saturated rings. The van der Waals surface area contributed by atoms with Gasteiger partial charge in [0.15, 0.2) is 0 Å². The first-order valence-corrected chi connectivity index (χ1v) is 13.5. The summed E-state index contributed by atoms with van der Waals surface area (Å²) in [6.45, 7) is 2.22. The van der Waals surface area contributed by atoms with Gasteiger partial charge < -0.3 is 9.13 Å². The summed E-state index contributed by atoms with van der Waals surface area (Å²) in [4.78, 5) is 0. The molecule has 0 bridgehead atoms. The third kappa shape index (κ3) is 3.28. The maximum atomic E-state index is 2.38. The van der Waals surface area contributed by atoms with Crippen molar-refractivity contribution in [3.05, 3.63) is 145 Å². The summed E-state index contributed by atoms with van der Waals surface area (Å²) >= 11 is 0. The number of hydrogen-bond donors (Lipinski definition) is 0. The number of fused-ring (bicyclic) bond motifs is 6. The Balaban J connectivity index is 1.22. The minimum atomic E-state index is 1.18. The molecule has 2 heterocycles. The molecule has 0 N–H and O–H groups in total. The first-order chi connectivity index (χ1) is 19.3. The molecule has 0 atom stereocenters. The van der Waals surface area contributed by atoms with Crippen LogP contribution in [-0.4, -0.2) is 9.13 Å².